The van der Waals surface area contributed by atoms with Crippen LogP contribution in [0.15, 0.2) is 53.8 Å². The molecule has 118 valence electrons. The van der Waals surface area contributed by atoms with Crippen molar-refractivity contribution < 1.29 is 4.79 Å². The van der Waals surface area contributed by atoms with E-state index in [9.17, 15) is 9.59 Å². The van der Waals surface area contributed by atoms with Crippen LogP contribution < -0.4 is 11.0 Å². The number of aromatic nitrogens is 5. The minimum absolute atomic E-state index is 0.0101. The van der Waals surface area contributed by atoms with Crippen molar-refractivity contribution in [3.05, 3.63) is 70.9 Å². The Morgan fingerprint density at radius 1 is 1.35 bits per heavy atom. The van der Waals surface area contributed by atoms with Gasteiger partial charge in [0.05, 0.1) is 12.4 Å². The van der Waals surface area contributed by atoms with Crippen molar-refractivity contribution in [3.8, 4) is 0 Å². The summed E-state index contributed by atoms with van der Waals surface area (Å²) in [6, 6.07) is 9.32. The van der Waals surface area contributed by atoms with Crippen LogP contribution in [0.3, 0.4) is 0 Å². The number of amides is 1. The van der Waals surface area contributed by atoms with Gasteiger partial charge in [0.25, 0.3) is 5.91 Å². The standard InChI is InChI=1S/C15H16N6O2/c1-20-15(23)18-13(19-20)14(22)17-12(9-21-8-7-16-10-21)11-5-3-2-4-6-11/h2-8,10,12H,9H2,1H3,(H,17,22)(H,18,19,23). The van der Waals surface area contributed by atoms with Gasteiger partial charge < -0.3 is 9.88 Å². The summed E-state index contributed by atoms with van der Waals surface area (Å²) in [5.41, 5.74) is 0.522. The summed E-state index contributed by atoms with van der Waals surface area (Å²) < 4.78 is 2.96. The number of H-pyrrole nitrogens is 1. The molecule has 1 aromatic carbocycles. The van der Waals surface area contributed by atoms with Crippen LogP contribution in [0.4, 0.5) is 0 Å². The third-order valence-corrected chi connectivity index (χ3v) is 3.44. The maximum absolute atomic E-state index is 12.3. The average molecular weight is 312 g/mol. The highest BCUT2D eigenvalue weighted by atomic mass is 16.2. The Hall–Kier alpha value is -3.16. The fourth-order valence-corrected chi connectivity index (χ4v) is 2.26. The minimum Gasteiger partial charge on any atom is -0.341 e. The second-order valence-corrected chi connectivity index (χ2v) is 5.10. The highest BCUT2D eigenvalue weighted by Gasteiger charge is 2.19. The number of nitrogens with zero attached hydrogens (tertiary/aromatic N) is 4. The first-order chi connectivity index (χ1) is 11.1. The first-order valence-corrected chi connectivity index (χ1v) is 7.08. The molecule has 0 radical (unpaired) electrons. The van der Waals surface area contributed by atoms with E-state index in [1.54, 1.807) is 12.5 Å². The number of hydrogen-bond donors (Lipinski definition) is 2. The van der Waals surface area contributed by atoms with Gasteiger partial charge in [0.1, 0.15) is 0 Å². The van der Waals surface area contributed by atoms with Crippen molar-refractivity contribution in [1.29, 1.82) is 0 Å². The Bertz CT molecular complexity index is 834. The molecule has 2 aromatic heterocycles. The molecule has 8 heteroatoms. The molecule has 0 saturated carbocycles. The zero-order valence-corrected chi connectivity index (χ0v) is 12.5. The van der Waals surface area contributed by atoms with Crippen molar-refractivity contribution in [2.24, 2.45) is 7.05 Å². The van der Waals surface area contributed by atoms with Gasteiger partial charge in [0, 0.05) is 26.0 Å². The lowest BCUT2D eigenvalue weighted by molar-refractivity contribution is 0.0922. The first-order valence-electron chi connectivity index (χ1n) is 7.08. The number of imidazole rings is 1. The van der Waals surface area contributed by atoms with Crippen LogP contribution in [0.1, 0.15) is 22.2 Å². The number of benzene rings is 1. The van der Waals surface area contributed by atoms with Gasteiger partial charge in [-0.1, -0.05) is 30.3 Å². The fourth-order valence-electron chi connectivity index (χ4n) is 2.26. The maximum atomic E-state index is 12.3. The topological polar surface area (TPSA) is 97.6 Å². The summed E-state index contributed by atoms with van der Waals surface area (Å²) in [4.78, 5) is 30.2. The van der Waals surface area contributed by atoms with Crippen LogP contribution >= 0.6 is 0 Å². The Kier molecular flexibility index (Phi) is 4.05. The number of nitrogens with one attached hydrogen (secondary N) is 2. The van der Waals surface area contributed by atoms with Crippen molar-refractivity contribution >= 4 is 5.91 Å². The zero-order chi connectivity index (χ0) is 16.2. The molecule has 0 bridgehead atoms. The van der Waals surface area contributed by atoms with E-state index in [0.29, 0.717) is 6.54 Å². The monoisotopic (exact) mass is 312 g/mol. The van der Waals surface area contributed by atoms with Crippen molar-refractivity contribution in [2.75, 3.05) is 0 Å². The van der Waals surface area contributed by atoms with Gasteiger partial charge in [0.15, 0.2) is 0 Å². The highest BCUT2D eigenvalue weighted by molar-refractivity contribution is 5.90. The van der Waals surface area contributed by atoms with E-state index >= 15 is 0 Å². The molecule has 1 amide bonds. The Labute approximate surface area is 131 Å². The molecule has 1 atom stereocenters. The molecule has 0 aliphatic carbocycles. The van der Waals surface area contributed by atoms with Gasteiger partial charge in [-0.05, 0) is 5.56 Å². The van der Waals surface area contributed by atoms with Gasteiger partial charge in [-0.3, -0.25) is 9.78 Å². The number of hydrogen-bond acceptors (Lipinski definition) is 4. The normalized spacial score (nSPS) is 12.0. The van der Waals surface area contributed by atoms with Gasteiger partial charge in [-0.15, -0.1) is 5.10 Å². The molecule has 2 N–H and O–H groups in total. The first kappa shape index (κ1) is 14.8. The predicted octanol–water partition coefficient (Wildman–Crippen LogP) is 0.476. The van der Waals surface area contributed by atoms with E-state index in [2.05, 4.69) is 20.4 Å². The molecule has 0 spiro atoms. The zero-order valence-electron chi connectivity index (χ0n) is 12.5. The summed E-state index contributed by atoms with van der Waals surface area (Å²) in [5, 5.41) is 6.77. The summed E-state index contributed by atoms with van der Waals surface area (Å²) in [6.45, 7) is 0.521. The summed E-state index contributed by atoms with van der Waals surface area (Å²) in [6.07, 6.45) is 5.19. The molecule has 0 saturated heterocycles. The average Bonchev–Trinajstić information content (AvgIpc) is 3.18. The van der Waals surface area contributed by atoms with Crippen LogP contribution in [0.2, 0.25) is 0 Å². The molecular formula is C15H16N6O2. The molecule has 3 aromatic rings. The third-order valence-electron chi connectivity index (χ3n) is 3.44. The number of rotatable bonds is 5. The van der Waals surface area contributed by atoms with Gasteiger partial charge >= 0.3 is 5.69 Å². The lowest BCUT2D eigenvalue weighted by atomic mass is 10.1. The Balaban J connectivity index is 1.83. The number of aromatic amines is 1. The number of aryl methyl sites for hydroxylation is 1. The molecule has 23 heavy (non-hydrogen) atoms. The van der Waals surface area contributed by atoms with Crippen LogP contribution in [0, 0.1) is 0 Å². The highest BCUT2D eigenvalue weighted by Crippen LogP contribution is 2.15. The smallest absolute Gasteiger partial charge is 0.341 e. The molecule has 2 heterocycles. The molecule has 1 unspecified atom stereocenters. The summed E-state index contributed by atoms with van der Waals surface area (Å²) in [7, 11) is 1.48. The molecule has 0 fully saturated rings. The van der Waals surface area contributed by atoms with E-state index < -0.39 is 11.6 Å². The SMILES string of the molecule is Cn1nc(C(=O)NC(Cn2ccnc2)c2ccccc2)[nH]c1=O. The predicted molar refractivity (Wildman–Crippen MR) is 82.7 cm³/mol. The molecule has 0 aliphatic rings. The second-order valence-electron chi connectivity index (χ2n) is 5.10. The number of carbonyl (C=O) groups is 1. The van der Waals surface area contributed by atoms with E-state index in [1.165, 1.54) is 7.05 Å². The Morgan fingerprint density at radius 3 is 2.74 bits per heavy atom. The van der Waals surface area contributed by atoms with Gasteiger partial charge in [0.2, 0.25) is 5.82 Å². The largest absolute Gasteiger partial charge is 0.343 e. The van der Waals surface area contributed by atoms with Gasteiger partial charge in [-0.2, -0.15) is 0 Å². The summed E-state index contributed by atoms with van der Waals surface area (Å²) in [5.74, 6) is -0.444. The maximum Gasteiger partial charge on any atom is 0.343 e. The molecule has 3 rings (SSSR count). The van der Waals surface area contributed by atoms with Crippen molar-refractivity contribution in [3.63, 3.8) is 0 Å². The van der Waals surface area contributed by atoms with E-state index in [4.69, 9.17) is 0 Å². The van der Waals surface area contributed by atoms with Gasteiger partial charge in [-0.25, -0.2) is 14.5 Å². The molecule has 0 aliphatic heterocycles. The lowest BCUT2D eigenvalue weighted by Crippen LogP contribution is -2.32. The van der Waals surface area contributed by atoms with E-state index in [1.807, 2.05) is 41.1 Å². The second kappa shape index (κ2) is 6.30. The van der Waals surface area contributed by atoms with E-state index in [-0.39, 0.29) is 11.9 Å². The van der Waals surface area contributed by atoms with Crippen LogP contribution in [0.25, 0.3) is 0 Å². The van der Waals surface area contributed by atoms with Crippen molar-refractivity contribution in [1.82, 2.24) is 29.6 Å². The minimum atomic E-state index is -0.434. The Morgan fingerprint density at radius 2 is 2.13 bits per heavy atom. The number of carbonyl (C=O) groups excluding carboxylic acids is 1. The fraction of sp³-hybridized carbons (Fsp3) is 0.200. The van der Waals surface area contributed by atoms with Crippen LogP contribution in [-0.2, 0) is 13.6 Å². The van der Waals surface area contributed by atoms with Crippen LogP contribution in [0.5, 0.6) is 0 Å². The van der Waals surface area contributed by atoms with Crippen LogP contribution in [-0.4, -0.2) is 30.2 Å². The lowest BCUT2D eigenvalue weighted by Gasteiger charge is -2.19. The van der Waals surface area contributed by atoms with Crippen molar-refractivity contribution in [2.45, 2.75) is 12.6 Å². The third kappa shape index (κ3) is 3.37. The molecule has 8 nitrogen and oxygen atoms in total. The summed E-state index contributed by atoms with van der Waals surface area (Å²) >= 11 is 0. The molecular weight excluding hydrogens is 296 g/mol. The van der Waals surface area contributed by atoms with E-state index in [0.717, 1.165) is 10.2 Å². The quantitative estimate of drug-likeness (QED) is 0.716.